The van der Waals surface area contributed by atoms with E-state index in [0.717, 1.165) is 5.69 Å². The standard InChI is InChI=1S/C16H16N2O2S/c19-16(20)12-8-10-9-4-1-2-5-11(9)17-14(10)15(18-12)13-6-3-7-21-13/h1-7,10,12,14-15,17-18H,8H2,(H,19,20)/t10-,12+,14-,15+/m1/s1. The predicted molar refractivity (Wildman–Crippen MR) is 82.8 cm³/mol. The van der Waals surface area contributed by atoms with Crippen LogP contribution in [-0.4, -0.2) is 23.2 Å². The van der Waals surface area contributed by atoms with E-state index in [-0.39, 0.29) is 18.0 Å². The zero-order chi connectivity index (χ0) is 14.4. The number of carboxylic acids is 1. The number of thiophene rings is 1. The highest BCUT2D eigenvalue weighted by Crippen LogP contribution is 2.46. The minimum Gasteiger partial charge on any atom is -0.480 e. The summed E-state index contributed by atoms with van der Waals surface area (Å²) in [6.07, 6.45) is 0.631. The fourth-order valence-corrected chi connectivity index (χ4v) is 4.39. The highest BCUT2D eigenvalue weighted by atomic mass is 32.1. The third-order valence-corrected chi connectivity index (χ3v) is 5.45. The van der Waals surface area contributed by atoms with Gasteiger partial charge in [0.2, 0.25) is 0 Å². The van der Waals surface area contributed by atoms with Crippen LogP contribution in [-0.2, 0) is 4.79 Å². The van der Waals surface area contributed by atoms with Crippen molar-refractivity contribution >= 4 is 23.0 Å². The number of benzene rings is 1. The molecular weight excluding hydrogens is 284 g/mol. The Labute approximate surface area is 126 Å². The highest BCUT2D eigenvalue weighted by Gasteiger charge is 2.45. The first-order valence-electron chi connectivity index (χ1n) is 7.12. The van der Waals surface area contributed by atoms with Crippen LogP contribution in [0.2, 0.25) is 0 Å². The van der Waals surface area contributed by atoms with Crippen LogP contribution in [0.15, 0.2) is 41.8 Å². The molecule has 2 aliphatic rings. The van der Waals surface area contributed by atoms with Gasteiger partial charge in [0, 0.05) is 16.5 Å². The van der Waals surface area contributed by atoms with Gasteiger partial charge < -0.3 is 10.4 Å². The quantitative estimate of drug-likeness (QED) is 0.798. The molecule has 4 rings (SSSR count). The lowest BCUT2D eigenvalue weighted by atomic mass is 9.81. The topological polar surface area (TPSA) is 61.4 Å². The van der Waals surface area contributed by atoms with E-state index in [1.807, 2.05) is 23.6 Å². The van der Waals surface area contributed by atoms with Crippen LogP contribution in [0.1, 0.15) is 28.8 Å². The summed E-state index contributed by atoms with van der Waals surface area (Å²) in [5, 5.41) is 18.4. The third-order valence-electron chi connectivity index (χ3n) is 4.49. The summed E-state index contributed by atoms with van der Waals surface area (Å²) in [5.41, 5.74) is 2.39. The number of para-hydroxylation sites is 1. The second-order valence-electron chi connectivity index (χ2n) is 5.65. The summed E-state index contributed by atoms with van der Waals surface area (Å²) in [5.74, 6) is -0.518. The van der Waals surface area contributed by atoms with Crippen molar-refractivity contribution in [1.29, 1.82) is 0 Å². The average Bonchev–Trinajstić information content (AvgIpc) is 3.13. The van der Waals surface area contributed by atoms with E-state index in [2.05, 4.69) is 28.8 Å². The fourth-order valence-electron chi connectivity index (χ4n) is 3.56. The number of hydrogen-bond donors (Lipinski definition) is 3. The van der Waals surface area contributed by atoms with Crippen LogP contribution in [0.4, 0.5) is 5.69 Å². The molecule has 4 atom stereocenters. The highest BCUT2D eigenvalue weighted by molar-refractivity contribution is 7.10. The average molecular weight is 300 g/mol. The van der Waals surface area contributed by atoms with E-state index in [1.165, 1.54) is 10.4 Å². The first-order chi connectivity index (χ1) is 10.2. The van der Waals surface area contributed by atoms with Crippen molar-refractivity contribution in [3.63, 3.8) is 0 Å². The molecule has 0 radical (unpaired) electrons. The number of carboxylic acid groups (broad SMARTS) is 1. The molecule has 1 aromatic carbocycles. The zero-order valence-corrected chi connectivity index (χ0v) is 12.1. The zero-order valence-electron chi connectivity index (χ0n) is 11.3. The number of piperidine rings is 1. The molecule has 0 saturated carbocycles. The van der Waals surface area contributed by atoms with Crippen molar-refractivity contribution in [1.82, 2.24) is 5.32 Å². The second-order valence-corrected chi connectivity index (χ2v) is 6.63. The maximum atomic E-state index is 11.5. The van der Waals surface area contributed by atoms with Crippen LogP contribution in [0, 0.1) is 0 Å². The molecule has 0 amide bonds. The predicted octanol–water partition coefficient (Wildman–Crippen LogP) is 2.81. The Bertz CT molecular complexity index is 663. The normalized spacial score (nSPS) is 30.3. The van der Waals surface area contributed by atoms with Gasteiger partial charge in [0.15, 0.2) is 0 Å². The largest absolute Gasteiger partial charge is 0.480 e. The van der Waals surface area contributed by atoms with Crippen LogP contribution >= 0.6 is 11.3 Å². The first-order valence-corrected chi connectivity index (χ1v) is 8.00. The van der Waals surface area contributed by atoms with Crippen LogP contribution in [0.3, 0.4) is 0 Å². The first kappa shape index (κ1) is 12.9. The van der Waals surface area contributed by atoms with Crippen molar-refractivity contribution in [2.75, 3.05) is 5.32 Å². The minimum absolute atomic E-state index is 0.0391. The van der Waals surface area contributed by atoms with Gasteiger partial charge in [0.1, 0.15) is 6.04 Å². The van der Waals surface area contributed by atoms with Crippen LogP contribution in [0.5, 0.6) is 0 Å². The SMILES string of the molecule is O=C(O)[C@@H]1C[C@@H]2c3ccccc3N[C@H]2[C@H](c2cccs2)N1. The monoisotopic (exact) mass is 300 g/mol. The van der Waals surface area contributed by atoms with Crippen molar-refractivity contribution in [3.05, 3.63) is 52.2 Å². The van der Waals surface area contributed by atoms with Crippen molar-refractivity contribution in [3.8, 4) is 0 Å². The van der Waals surface area contributed by atoms with Gasteiger partial charge in [0.25, 0.3) is 0 Å². The number of anilines is 1. The number of nitrogens with one attached hydrogen (secondary N) is 2. The summed E-state index contributed by atoms with van der Waals surface area (Å²) < 4.78 is 0. The van der Waals surface area contributed by atoms with Gasteiger partial charge >= 0.3 is 5.97 Å². The van der Waals surface area contributed by atoms with E-state index >= 15 is 0 Å². The Kier molecular flexibility index (Phi) is 2.97. The molecule has 0 aliphatic carbocycles. The number of carbonyl (C=O) groups is 1. The maximum Gasteiger partial charge on any atom is 0.320 e. The third kappa shape index (κ3) is 2.04. The molecule has 0 bridgehead atoms. The minimum atomic E-state index is -0.764. The molecule has 0 unspecified atom stereocenters. The molecule has 0 spiro atoms. The van der Waals surface area contributed by atoms with Crippen molar-refractivity contribution in [2.45, 2.75) is 30.5 Å². The molecule has 3 heterocycles. The molecule has 2 aromatic rings. The Morgan fingerprint density at radius 2 is 2.10 bits per heavy atom. The molecule has 1 saturated heterocycles. The van der Waals surface area contributed by atoms with E-state index < -0.39 is 12.0 Å². The summed E-state index contributed by atoms with van der Waals surface area (Å²) >= 11 is 1.68. The van der Waals surface area contributed by atoms with Crippen molar-refractivity contribution in [2.24, 2.45) is 0 Å². The van der Waals surface area contributed by atoms with Crippen LogP contribution in [0.25, 0.3) is 0 Å². The lowest BCUT2D eigenvalue weighted by molar-refractivity contribution is -0.140. The number of fused-ring (bicyclic) bond motifs is 3. The molecule has 21 heavy (non-hydrogen) atoms. The number of hydrogen-bond acceptors (Lipinski definition) is 4. The second kappa shape index (κ2) is 4.86. The summed E-state index contributed by atoms with van der Waals surface area (Å²) in [4.78, 5) is 12.7. The molecule has 3 N–H and O–H groups in total. The molecule has 2 aliphatic heterocycles. The summed E-state index contributed by atoms with van der Waals surface area (Å²) in [6.45, 7) is 0. The van der Waals surface area contributed by atoms with Gasteiger partial charge in [-0.1, -0.05) is 24.3 Å². The van der Waals surface area contributed by atoms with E-state index in [0.29, 0.717) is 6.42 Å². The number of rotatable bonds is 2. The van der Waals surface area contributed by atoms with Gasteiger partial charge in [-0.05, 0) is 29.5 Å². The Hall–Kier alpha value is -1.85. The van der Waals surface area contributed by atoms with E-state index in [9.17, 15) is 9.90 Å². The summed E-state index contributed by atoms with van der Waals surface area (Å²) in [7, 11) is 0. The van der Waals surface area contributed by atoms with Gasteiger partial charge in [-0.25, -0.2) is 0 Å². The molecular formula is C16H16N2O2S. The van der Waals surface area contributed by atoms with Crippen LogP contribution < -0.4 is 10.6 Å². The molecule has 1 fully saturated rings. The smallest absolute Gasteiger partial charge is 0.320 e. The molecule has 5 heteroatoms. The number of aliphatic carboxylic acids is 1. The Morgan fingerprint density at radius 3 is 2.86 bits per heavy atom. The van der Waals surface area contributed by atoms with Gasteiger partial charge in [0.05, 0.1) is 12.1 Å². The van der Waals surface area contributed by atoms with E-state index in [4.69, 9.17) is 0 Å². The van der Waals surface area contributed by atoms with Crippen molar-refractivity contribution < 1.29 is 9.90 Å². The molecule has 1 aromatic heterocycles. The van der Waals surface area contributed by atoms with Gasteiger partial charge in [-0.15, -0.1) is 11.3 Å². The van der Waals surface area contributed by atoms with Gasteiger partial charge in [-0.3, -0.25) is 10.1 Å². The molecule has 108 valence electrons. The lowest BCUT2D eigenvalue weighted by Gasteiger charge is -2.38. The Morgan fingerprint density at radius 1 is 1.24 bits per heavy atom. The molecule has 4 nitrogen and oxygen atoms in total. The van der Waals surface area contributed by atoms with Gasteiger partial charge in [-0.2, -0.15) is 0 Å². The lowest BCUT2D eigenvalue weighted by Crippen LogP contribution is -2.51. The summed E-state index contributed by atoms with van der Waals surface area (Å²) in [6, 6.07) is 12.1. The fraction of sp³-hybridized carbons (Fsp3) is 0.312. The Balaban J connectivity index is 1.75. The maximum absolute atomic E-state index is 11.5. The van der Waals surface area contributed by atoms with E-state index in [1.54, 1.807) is 11.3 Å².